The molecular weight excluding hydrogens is 220 g/mol. The summed E-state index contributed by atoms with van der Waals surface area (Å²) in [5, 5.41) is 10.6. The Bertz CT molecular complexity index is 432. The molecule has 80 valence electrons. The molecule has 0 fully saturated rings. The second kappa shape index (κ2) is 4.27. The predicted octanol–water partition coefficient (Wildman–Crippen LogP) is 1.91. The number of carbonyl (C=O) groups is 1. The van der Waals surface area contributed by atoms with E-state index < -0.39 is 10.7 Å². The van der Waals surface area contributed by atoms with Crippen LogP contribution in [-0.2, 0) is 0 Å². The Labute approximate surface area is 91.0 Å². The maximum Gasteiger partial charge on any atom is 0.293 e. The number of ketones is 1. The molecular formula is C9H9ClN2O3. The van der Waals surface area contributed by atoms with E-state index in [9.17, 15) is 14.9 Å². The van der Waals surface area contributed by atoms with E-state index in [1.54, 1.807) is 6.92 Å². The van der Waals surface area contributed by atoms with Crippen LogP contribution in [0.3, 0.4) is 0 Å². The highest BCUT2D eigenvalue weighted by atomic mass is 35.5. The van der Waals surface area contributed by atoms with Gasteiger partial charge in [0.05, 0.1) is 10.8 Å². The van der Waals surface area contributed by atoms with Crippen molar-refractivity contribution in [2.45, 2.75) is 6.92 Å². The van der Waals surface area contributed by atoms with Crippen LogP contribution in [0.2, 0.25) is 0 Å². The van der Waals surface area contributed by atoms with Crippen LogP contribution in [0.5, 0.6) is 0 Å². The molecule has 0 radical (unpaired) electrons. The zero-order valence-corrected chi connectivity index (χ0v) is 8.75. The van der Waals surface area contributed by atoms with Gasteiger partial charge in [0, 0.05) is 11.6 Å². The van der Waals surface area contributed by atoms with Crippen LogP contribution in [0.1, 0.15) is 15.9 Å². The smallest absolute Gasteiger partial charge is 0.293 e. The maximum atomic E-state index is 11.3. The Morgan fingerprint density at radius 1 is 1.60 bits per heavy atom. The van der Waals surface area contributed by atoms with Gasteiger partial charge in [0.15, 0.2) is 5.78 Å². The van der Waals surface area contributed by atoms with Crippen LogP contribution in [0.25, 0.3) is 0 Å². The van der Waals surface area contributed by atoms with E-state index in [1.807, 2.05) is 0 Å². The number of rotatable bonds is 3. The van der Waals surface area contributed by atoms with E-state index in [1.165, 1.54) is 12.1 Å². The fourth-order valence-electron chi connectivity index (χ4n) is 1.23. The molecule has 1 rings (SSSR count). The van der Waals surface area contributed by atoms with Crippen LogP contribution in [0.4, 0.5) is 11.4 Å². The number of alkyl halides is 1. The quantitative estimate of drug-likeness (QED) is 0.281. The monoisotopic (exact) mass is 228 g/mol. The van der Waals surface area contributed by atoms with Gasteiger partial charge < -0.3 is 5.73 Å². The molecule has 0 aliphatic rings. The molecule has 0 aromatic heterocycles. The van der Waals surface area contributed by atoms with Crippen molar-refractivity contribution in [1.82, 2.24) is 0 Å². The van der Waals surface area contributed by atoms with Gasteiger partial charge in [-0.25, -0.2) is 0 Å². The number of nitro benzene ring substituents is 1. The molecule has 0 spiro atoms. The molecule has 1 aromatic rings. The van der Waals surface area contributed by atoms with Crippen LogP contribution in [0, 0.1) is 17.0 Å². The zero-order valence-electron chi connectivity index (χ0n) is 7.99. The van der Waals surface area contributed by atoms with Gasteiger partial charge in [0.2, 0.25) is 0 Å². The summed E-state index contributed by atoms with van der Waals surface area (Å²) < 4.78 is 0. The molecule has 0 bridgehead atoms. The lowest BCUT2D eigenvalue weighted by Crippen LogP contribution is -2.08. The number of nitrogens with two attached hydrogens (primary N) is 1. The highest BCUT2D eigenvalue weighted by Gasteiger charge is 2.19. The molecule has 1 aromatic carbocycles. The first-order valence-electron chi connectivity index (χ1n) is 4.11. The van der Waals surface area contributed by atoms with Gasteiger partial charge in [-0.05, 0) is 18.6 Å². The van der Waals surface area contributed by atoms with Gasteiger partial charge in [-0.2, -0.15) is 0 Å². The number of carbonyl (C=O) groups excluding carboxylic acids is 1. The van der Waals surface area contributed by atoms with Crippen molar-refractivity contribution in [2.24, 2.45) is 0 Å². The van der Waals surface area contributed by atoms with Crippen molar-refractivity contribution < 1.29 is 9.72 Å². The number of aryl methyl sites for hydroxylation is 1. The number of halogens is 1. The molecule has 0 atom stereocenters. The summed E-state index contributed by atoms with van der Waals surface area (Å²) in [7, 11) is 0. The normalized spacial score (nSPS) is 10.0. The van der Waals surface area contributed by atoms with Gasteiger partial charge in [0.1, 0.15) is 5.69 Å². The molecule has 0 aliphatic carbocycles. The molecule has 5 nitrogen and oxygen atoms in total. The second-order valence-electron chi connectivity index (χ2n) is 3.06. The van der Waals surface area contributed by atoms with E-state index in [0.29, 0.717) is 5.56 Å². The molecule has 0 saturated carbocycles. The third-order valence-electron chi connectivity index (χ3n) is 1.92. The first-order chi connectivity index (χ1) is 6.97. The van der Waals surface area contributed by atoms with Gasteiger partial charge in [-0.1, -0.05) is 0 Å². The number of hydrogen-bond acceptors (Lipinski definition) is 4. The van der Waals surface area contributed by atoms with Crippen molar-refractivity contribution in [1.29, 1.82) is 0 Å². The van der Waals surface area contributed by atoms with E-state index in [4.69, 9.17) is 17.3 Å². The van der Waals surface area contributed by atoms with Crippen molar-refractivity contribution in [2.75, 3.05) is 11.6 Å². The fraction of sp³-hybridized carbons (Fsp3) is 0.222. The number of anilines is 1. The third-order valence-corrected chi connectivity index (χ3v) is 2.16. The minimum Gasteiger partial charge on any atom is -0.393 e. The molecule has 6 heteroatoms. The Kier molecular flexibility index (Phi) is 3.26. The molecule has 0 amide bonds. The second-order valence-corrected chi connectivity index (χ2v) is 3.33. The number of Topliss-reactive ketones (excluding diaryl/α,β-unsaturated/α-hetero) is 1. The van der Waals surface area contributed by atoms with Crippen molar-refractivity contribution in [3.05, 3.63) is 33.4 Å². The summed E-state index contributed by atoms with van der Waals surface area (Å²) in [6.07, 6.45) is 0. The fourth-order valence-corrected chi connectivity index (χ4v) is 1.38. The van der Waals surface area contributed by atoms with E-state index in [0.717, 1.165) is 0 Å². The summed E-state index contributed by atoms with van der Waals surface area (Å²) in [6.45, 7) is 1.65. The summed E-state index contributed by atoms with van der Waals surface area (Å²) in [5.41, 5.74) is 5.83. The van der Waals surface area contributed by atoms with E-state index in [-0.39, 0.29) is 22.8 Å². The lowest BCUT2D eigenvalue weighted by Gasteiger charge is -2.05. The third kappa shape index (κ3) is 2.24. The highest BCUT2D eigenvalue weighted by molar-refractivity contribution is 6.31. The zero-order chi connectivity index (χ0) is 11.6. The summed E-state index contributed by atoms with van der Waals surface area (Å²) >= 11 is 5.37. The Hall–Kier alpha value is -1.62. The summed E-state index contributed by atoms with van der Waals surface area (Å²) in [6, 6.07) is 2.81. The minimum atomic E-state index is -0.618. The number of nitrogen functional groups attached to an aromatic ring is 1. The number of nitrogens with zero attached hydrogens (tertiary/aromatic N) is 1. The van der Waals surface area contributed by atoms with Crippen molar-refractivity contribution in [3.63, 3.8) is 0 Å². The Balaban J connectivity index is 3.41. The molecule has 0 saturated heterocycles. The lowest BCUT2D eigenvalue weighted by atomic mass is 10.0. The van der Waals surface area contributed by atoms with Crippen LogP contribution in [-0.4, -0.2) is 16.6 Å². The largest absolute Gasteiger partial charge is 0.393 e. The SMILES string of the molecule is Cc1cc(C(=O)CCl)c(N)c([N+](=O)[O-])c1. The summed E-state index contributed by atoms with van der Waals surface area (Å²) in [5.74, 6) is -0.661. The van der Waals surface area contributed by atoms with Gasteiger partial charge in [0.25, 0.3) is 5.69 Å². The van der Waals surface area contributed by atoms with Crippen molar-refractivity contribution >= 4 is 28.8 Å². The Morgan fingerprint density at radius 3 is 2.67 bits per heavy atom. The topological polar surface area (TPSA) is 86.2 Å². The molecule has 0 aliphatic heterocycles. The first kappa shape index (κ1) is 11.5. The minimum absolute atomic E-state index is 0.108. The first-order valence-corrected chi connectivity index (χ1v) is 4.64. The lowest BCUT2D eigenvalue weighted by molar-refractivity contribution is -0.384. The number of benzene rings is 1. The standard InChI is InChI=1S/C9H9ClN2O3/c1-5-2-6(8(13)4-10)9(11)7(3-5)12(14)15/h2-3H,4,11H2,1H3. The number of nitro groups is 1. The van der Waals surface area contributed by atoms with Gasteiger partial charge >= 0.3 is 0 Å². The molecule has 0 heterocycles. The number of hydrogen-bond donors (Lipinski definition) is 1. The highest BCUT2D eigenvalue weighted by Crippen LogP contribution is 2.27. The molecule has 0 unspecified atom stereocenters. The van der Waals surface area contributed by atoms with Crippen LogP contribution < -0.4 is 5.73 Å². The molecule has 2 N–H and O–H groups in total. The van der Waals surface area contributed by atoms with Crippen LogP contribution in [0.15, 0.2) is 12.1 Å². The van der Waals surface area contributed by atoms with Gasteiger partial charge in [-0.3, -0.25) is 14.9 Å². The average molecular weight is 229 g/mol. The summed E-state index contributed by atoms with van der Waals surface area (Å²) in [4.78, 5) is 21.3. The van der Waals surface area contributed by atoms with E-state index >= 15 is 0 Å². The van der Waals surface area contributed by atoms with Gasteiger partial charge in [-0.15, -0.1) is 11.6 Å². The maximum absolute atomic E-state index is 11.3. The average Bonchev–Trinajstić information content (AvgIpc) is 2.19. The Morgan fingerprint density at radius 2 is 2.20 bits per heavy atom. The van der Waals surface area contributed by atoms with Crippen LogP contribution >= 0.6 is 11.6 Å². The van der Waals surface area contributed by atoms with E-state index in [2.05, 4.69) is 0 Å². The molecule has 15 heavy (non-hydrogen) atoms. The predicted molar refractivity (Wildman–Crippen MR) is 57.3 cm³/mol. The van der Waals surface area contributed by atoms with Crippen molar-refractivity contribution in [3.8, 4) is 0 Å².